The van der Waals surface area contributed by atoms with Gasteiger partial charge < -0.3 is 10.3 Å². The molecule has 1 atom stereocenters. The van der Waals surface area contributed by atoms with Crippen LogP contribution < -0.4 is 5.73 Å². The molecule has 1 aromatic heterocycles. The Bertz CT molecular complexity index is 614. The summed E-state index contributed by atoms with van der Waals surface area (Å²) in [7, 11) is -0.862. The SMILES string of the molecule is CCS(=O)CCn1c(N)nc2cc(F)c(Br)cc21. The molecule has 7 heteroatoms. The molecule has 4 nitrogen and oxygen atoms in total. The van der Waals surface area contributed by atoms with Crippen molar-refractivity contribution in [1.29, 1.82) is 0 Å². The Morgan fingerprint density at radius 1 is 1.56 bits per heavy atom. The van der Waals surface area contributed by atoms with Gasteiger partial charge in [-0.05, 0) is 22.0 Å². The van der Waals surface area contributed by atoms with Crippen LogP contribution in [0.3, 0.4) is 0 Å². The predicted octanol–water partition coefficient (Wildman–Crippen LogP) is 2.29. The molecular formula is C11H13BrFN3OS. The van der Waals surface area contributed by atoms with Gasteiger partial charge in [-0.25, -0.2) is 9.37 Å². The van der Waals surface area contributed by atoms with E-state index in [9.17, 15) is 8.60 Å². The third kappa shape index (κ3) is 2.56. The van der Waals surface area contributed by atoms with E-state index < -0.39 is 10.8 Å². The zero-order valence-electron chi connectivity index (χ0n) is 9.82. The van der Waals surface area contributed by atoms with Crippen molar-refractivity contribution in [3.63, 3.8) is 0 Å². The van der Waals surface area contributed by atoms with Gasteiger partial charge in [-0.1, -0.05) is 6.92 Å². The lowest BCUT2D eigenvalue weighted by Crippen LogP contribution is -2.11. The van der Waals surface area contributed by atoms with E-state index in [1.165, 1.54) is 6.07 Å². The summed E-state index contributed by atoms with van der Waals surface area (Å²) in [4.78, 5) is 4.10. The van der Waals surface area contributed by atoms with Gasteiger partial charge in [0.25, 0.3) is 0 Å². The Morgan fingerprint density at radius 2 is 2.28 bits per heavy atom. The lowest BCUT2D eigenvalue weighted by Gasteiger charge is -2.06. The molecule has 2 rings (SSSR count). The summed E-state index contributed by atoms with van der Waals surface area (Å²) in [5.74, 6) is 1.08. The molecule has 1 unspecified atom stereocenters. The third-order valence-corrected chi connectivity index (χ3v) is 4.57. The van der Waals surface area contributed by atoms with Crippen LogP contribution in [0.2, 0.25) is 0 Å². The fourth-order valence-corrected chi connectivity index (χ4v) is 2.72. The first-order valence-electron chi connectivity index (χ1n) is 5.48. The first kappa shape index (κ1) is 13.5. The molecule has 1 heterocycles. The first-order chi connectivity index (χ1) is 8.52. The molecular weight excluding hydrogens is 321 g/mol. The standard InChI is InChI=1S/C11H13BrFN3OS/c1-2-18(17)4-3-16-10-5-7(12)8(13)6-9(10)15-11(16)14/h5-6H,2-4H2,1H3,(H2,14,15). The molecule has 0 radical (unpaired) electrons. The maximum atomic E-state index is 13.4. The number of rotatable bonds is 4. The summed E-state index contributed by atoms with van der Waals surface area (Å²) in [6.07, 6.45) is 0. The summed E-state index contributed by atoms with van der Waals surface area (Å²) < 4.78 is 26.9. The van der Waals surface area contributed by atoms with Gasteiger partial charge in [-0.2, -0.15) is 0 Å². The number of halogens is 2. The Hall–Kier alpha value is -0.950. The van der Waals surface area contributed by atoms with Crippen LogP contribution in [0.1, 0.15) is 6.92 Å². The van der Waals surface area contributed by atoms with Crippen LogP contribution in [-0.2, 0) is 17.3 Å². The van der Waals surface area contributed by atoms with Crippen LogP contribution >= 0.6 is 15.9 Å². The average Bonchev–Trinajstić information content (AvgIpc) is 2.62. The van der Waals surface area contributed by atoms with Gasteiger partial charge in [-0.3, -0.25) is 4.21 Å². The van der Waals surface area contributed by atoms with Crippen molar-refractivity contribution >= 4 is 43.7 Å². The van der Waals surface area contributed by atoms with Crippen molar-refractivity contribution in [3.05, 3.63) is 22.4 Å². The number of imidazole rings is 1. The van der Waals surface area contributed by atoms with Crippen molar-refractivity contribution < 1.29 is 8.60 Å². The molecule has 0 bridgehead atoms. The molecule has 98 valence electrons. The molecule has 0 aliphatic rings. The van der Waals surface area contributed by atoms with Crippen LogP contribution in [0.15, 0.2) is 16.6 Å². The second-order valence-electron chi connectivity index (χ2n) is 3.81. The summed E-state index contributed by atoms with van der Waals surface area (Å²) in [6.45, 7) is 2.39. The lowest BCUT2D eigenvalue weighted by molar-refractivity contribution is 0.622. The van der Waals surface area contributed by atoms with Gasteiger partial charge >= 0.3 is 0 Å². The van der Waals surface area contributed by atoms with E-state index in [1.807, 2.05) is 6.92 Å². The molecule has 0 fully saturated rings. The van der Waals surface area contributed by atoms with Crippen molar-refractivity contribution in [1.82, 2.24) is 9.55 Å². The molecule has 1 aromatic carbocycles. The fourth-order valence-electron chi connectivity index (χ4n) is 1.71. The Morgan fingerprint density at radius 3 is 2.94 bits per heavy atom. The molecule has 0 amide bonds. The zero-order valence-corrected chi connectivity index (χ0v) is 12.2. The van der Waals surface area contributed by atoms with Gasteiger partial charge in [0.05, 0.1) is 15.5 Å². The van der Waals surface area contributed by atoms with Gasteiger partial charge in [0.15, 0.2) is 0 Å². The van der Waals surface area contributed by atoms with Crippen molar-refractivity contribution in [2.45, 2.75) is 13.5 Å². The Kier molecular flexibility index (Phi) is 4.01. The number of aryl methyl sites for hydroxylation is 1. The molecule has 2 aromatic rings. The number of aromatic nitrogens is 2. The summed E-state index contributed by atoms with van der Waals surface area (Å²) in [5.41, 5.74) is 7.05. The second-order valence-corrected chi connectivity index (χ2v) is 6.53. The Balaban J connectivity index is 2.40. The molecule has 0 saturated heterocycles. The minimum absolute atomic E-state index is 0.315. The lowest BCUT2D eigenvalue weighted by atomic mass is 10.3. The molecule has 18 heavy (non-hydrogen) atoms. The van der Waals surface area contributed by atoms with Gasteiger partial charge in [-0.15, -0.1) is 0 Å². The highest BCUT2D eigenvalue weighted by molar-refractivity contribution is 9.10. The second kappa shape index (κ2) is 5.36. The van der Waals surface area contributed by atoms with Crippen LogP contribution in [0.25, 0.3) is 11.0 Å². The van der Waals surface area contributed by atoms with E-state index in [4.69, 9.17) is 5.73 Å². The van der Waals surface area contributed by atoms with E-state index in [1.54, 1.807) is 10.6 Å². The van der Waals surface area contributed by atoms with E-state index >= 15 is 0 Å². The van der Waals surface area contributed by atoms with Crippen LogP contribution in [-0.4, -0.2) is 25.3 Å². The predicted molar refractivity (Wildman–Crippen MR) is 75.4 cm³/mol. The van der Waals surface area contributed by atoms with Gasteiger partial charge in [0, 0.05) is 34.9 Å². The molecule has 0 aliphatic heterocycles. The largest absolute Gasteiger partial charge is 0.369 e. The van der Waals surface area contributed by atoms with Crippen LogP contribution in [0.5, 0.6) is 0 Å². The van der Waals surface area contributed by atoms with E-state index in [0.717, 1.165) is 5.52 Å². The highest BCUT2D eigenvalue weighted by atomic mass is 79.9. The van der Waals surface area contributed by atoms with Crippen molar-refractivity contribution in [3.8, 4) is 0 Å². The maximum absolute atomic E-state index is 13.4. The van der Waals surface area contributed by atoms with Gasteiger partial charge in [0.1, 0.15) is 5.82 Å². The van der Waals surface area contributed by atoms with Gasteiger partial charge in [0.2, 0.25) is 5.95 Å². The highest BCUT2D eigenvalue weighted by Crippen LogP contribution is 2.25. The Labute approximate surface area is 115 Å². The zero-order chi connectivity index (χ0) is 13.3. The number of nitrogens with two attached hydrogens (primary N) is 1. The van der Waals surface area contributed by atoms with E-state index in [0.29, 0.717) is 34.0 Å². The number of benzene rings is 1. The number of anilines is 1. The first-order valence-corrected chi connectivity index (χ1v) is 7.76. The smallest absolute Gasteiger partial charge is 0.201 e. The minimum Gasteiger partial charge on any atom is -0.369 e. The normalized spacial score (nSPS) is 13.1. The van der Waals surface area contributed by atoms with E-state index in [-0.39, 0.29) is 5.82 Å². The molecule has 0 spiro atoms. The topological polar surface area (TPSA) is 60.9 Å². The van der Waals surface area contributed by atoms with E-state index in [2.05, 4.69) is 20.9 Å². The van der Waals surface area contributed by atoms with Crippen molar-refractivity contribution in [2.75, 3.05) is 17.2 Å². The van der Waals surface area contributed by atoms with Crippen LogP contribution in [0, 0.1) is 5.82 Å². The number of fused-ring (bicyclic) bond motifs is 1. The quantitative estimate of drug-likeness (QED) is 0.933. The molecule has 0 saturated carbocycles. The highest BCUT2D eigenvalue weighted by Gasteiger charge is 2.12. The average molecular weight is 334 g/mol. The fraction of sp³-hybridized carbons (Fsp3) is 0.364. The number of hydrogen-bond donors (Lipinski definition) is 1. The third-order valence-electron chi connectivity index (χ3n) is 2.68. The number of nitrogens with zero attached hydrogens (tertiary/aromatic N) is 2. The minimum atomic E-state index is -0.862. The number of nitrogen functional groups attached to an aromatic ring is 1. The summed E-state index contributed by atoms with van der Waals surface area (Å²) >= 11 is 3.14. The number of hydrogen-bond acceptors (Lipinski definition) is 3. The van der Waals surface area contributed by atoms with Crippen molar-refractivity contribution in [2.24, 2.45) is 0 Å². The molecule has 2 N–H and O–H groups in total. The maximum Gasteiger partial charge on any atom is 0.201 e. The molecule has 0 aliphatic carbocycles. The van der Waals surface area contributed by atoms with Crippen LogP contribution in [0.4, 0.5) is 10.3 Å². The summed E-state index contributed by atoms with van der Waals surface area (Å²) in [5, 5.41) is 0. The monoisotopic (exact) mass is 333 g/mol. The summed E-state index contributed by atoms with van der Waals surface area (Å²) in [6, 6.07) is 2.98.